The second-order valence-corrected chi connectivity index (χ2v) is 7.92. The van der Waals surface area contributed by atoms with Crippen molar-refractivity contribution in [2.75, 3.05) is 27.2 Å². The molecule has 114 valence electrons. The van der Waals surface area contributed by atoms with Gasteiger partial charge in [0, 0.05) is 44.3 Å². The average molecular weight is 307 g/mol. The smallest absolute Gasteiger partial charge is 0.281 e. The molecule has 0 amide bonds. The van der Waals surface area contributed by atoms with Crippen LogP contribution in [0, 0.1) is 0 Å². The van der Waals surface area contributed by atoms with Gasteiger partial charge in [-0.15, -0.1) is 0 Å². The van der Waals surface area contributed by atoms with E-state index in [9.17, 15) is 8.42 Å². The number of piperidine rings is 1. The Morgan fingerprint density at radius 1 is 1.19 bits per heavy atom. The number of benzene rings is 1. The molecule has 1 aromatic carbocycles. The molecule has 6 heteroatoms. The highest BCUT2D eigenvalue weighted by Gasteiger charge is 2.30. The fourth-order valence-electron chi connectivity index (χ4n) is 2.94. The van der Waals surface area contributed by atoms with Crippen LogP contribution in [0.15, 0.2) is 30.3 Å². The van der Waals surface area contributed by atoms with Gasteiger partial charge in [-0.1, -0.05) is 18.2 Å². The highest BCUT2D eigenvalue weighted by atomic mass is 32.2. The molecule has 0 saturated carbocycles. The molecule has 0 spiro atoms. The Kier molecular flexibility index (Phi) is 3.77. The molecule has 1 saturated heterocycles. The highest BCUT2D eigenvalue weighted by Crippen LogP contribution is 2.30. The number of rotatable bonds is 3. The van der Waals surface area contributed by atoms with E-state index >= 15 is 0 Å². The van der Waals surface area contributed by atoms with Gasteiger partial charge >= 0.3 is 0 Å². The van der Waals surface area contributed by atoms with E-state index in [1.807, 2.05) is 12.1 Å². The van der Waals surface area contributed by atoms with Crippen LogP contribution in [0.25, 0.3) is 10.9 Å². The summed E-state index contributed by atoms with van der Waals surface area (Å²) in [5.41, 5.74) is 2.37. The van der Waals surface area contributed by atoms with E-state index in [1.165, 1.54) is 15.4 Å². The number of H-pyrrole nitrogens is 1. The number of para-hydroxylation sites is 1. The topological polar surface area (TPSA) is 56.4 Å². The van der Waals surface area contributed by atoms with E-state index in [4.69, 9.17) is 0 Å². The average Bonchev–Trinajstić information content (AvgIpc) is 2.91. The van der Waals surface area contributed by atoms with Crippen molar-refractivity contribution < 1.29 is 8.42 Å². The number of hydrogen-bond donors (Lipinski definition) is 1. The van der Waals surface area contributed by atoms with E-state index in [1.54, 1.807) is 18.4 Å². The van der Waals surface area contributed by atoms with Gasteiger partial charge in [0.15, 0.2) is 0 Å². The molecule has 1 aromatic heterocycles. The Balaban J connectivity index is 1.74. The highest BCUT2D eigenvalue weighted by molar-refractivity contribution is 7.86. The summed E-state index contributed by atoms with van der Waals surface area (Å²) < 4.78 is 27.1. The minimum Gasteiger partial charge on any atom is -0.358 e. The van der Waals surface area contributed by atoms with Crippen LogP contribution in [0.5, 0.6) is 0 Å². The standard InChI is InChI=1S/C15H21N3O2S/c1-17(2)21(19,20)18-9-7-12(8-10-18)15-11-13-5-3-4-6-14(13)16-15/h3-6,11-12,16H,7-10H2,1-2H3. The molecule has 0 atom stereocenters. The first-order valence-corrected chi connectivity index (χ1v) is 8.63. The first kappa shape index (κ1) is 14.6. The molecular formula is C15H21N3O2S. The third kappa shape index (κ3) is 2.71. The summed E-state index contributed by atoms with van der Waals surface area (Å²) in [5, 5.41) is 1.22. The van der Waals surface area contributed by atoms with Crippen molar-refractivity contribution in [2.24, 2.45) is 0 Å². The third-order valence-corrected chi connectivity index (χ3v) is 6.17. The molecule has 0 bridgehead atoms. The van der Waals surface area contributed by atoms with Crippen LogP contribution < -0.4 is 0 Å². The molecule has 1 N–H and O–H groups in total. The third-order valence-electron chi connectivity index (χ3n) is 4.23. The number of hydrogen-bond acceptors (Lipinski definition) is 2. The number of nitrogens with one attached hydrogen (secondary N) is 1. The fraction of sp³-hybridized carbons (Fsp3) is 0.467. The summed E-state index contributed by atoms with van der Waals surface area (Å²) in [6.07, 6.45) is 1.72. The predicted molar refractivity (Wildman–Crippen MR) is 84.5 cm³/mol. The maximum atomic E-state index is 12.1. The lowest BCUT2D eigenvalue weighted by Crippen LogP contribution is -2.44. The second kappa shape index (κ2) is 5.44. The summed E-state index contributed by atoms with van der Waals surface area (Å²) in [7, 11) is -0.109. The summed E-state index contributed by atoms with van der Waals surface area (Å²) in [5.74, 6) is 0.408. The Hall–Kier alpha value is -1.37. The minimum atomic E-state index is -3.27. The van der Waals surface area contributed by atoms with Crippen LogP contribution in [0.3, 0.4) is 0 Å². The van der Waals surface area contributed by atoms with Gasteiger partial charge in [-0.25, -0.2) is 0 Å². The van der Waals surface area contributed by atoms with Crippen molar-refractivity contribution in [1.82, 2.24) is 13.6 Å². The lowest BCUT2D eigenvalue weighted by Gasteiger charge is -2.32. The maximum Gasteiger partial charge on any atom is 0.281 e. The molecule has 5 nitrogen and oxygen atoms in total. The van der Waals surface area contributed by atoms with Crippen molar-refractivity contribution in [2.45, 2.75) is 18.8 Å². The summed E-state index contributed by atoms with van der Waals surface area (Å²) in [6, 6.07) is 10.4. The van der Waals surface area contributed by atoms with Gasteiger partial charge in [-0.2, -0.15) is 17.0 Å². The normalized spacial score (nSPS) is 18.6. The molecule has 1 aliphatic heterocycles. The molecule has 0 unspecified atom stereocenters. The molecule has 2 heterocycles. The molecule has 0 radical (unpaired) electrons. The zero-order valence-corrected chi connectivity index (χ0v) is 13.2. The maximum absolute atomic E-state index is 12.1. The van der Waals surface area contributed by atoms with Gasteiger partial charge in [-0.3, -0.25) is 0 Å². The number of fused-ring (bicyclic) bond motifs is 1. The lowest BCUT2D eigenvalue weighted by atomic mass is 9.95. The largest absolute Gasteiger partial charge is 0.358 e. The van der Waals surface area contributed by atoms with Crippen molar-refractivity contribution in [3.8, 4) is 0 Å². The lowest BCUT2D eigenvalue weighted by molar-refractivity contribution is 0.300. The van der Waals surface area contributed by atoms with E-state index in [0.29, 0.717) is 19.0 Å². The van der Waals surface area contributed by atoms with Gasteiger partial charge in [0.1, 0.15) is 0 Å². The van der Waals surface area contributed by atoms with Crippen molar-refractivity contribution >= 4 is 21.1 Å². The van der Waals surface area contributed by atoms with Crippen LogP contribution in [-0.2, 0) is 10.2 Å². The summed E-state index contributed by atoms with van der Waals surface area (Å²) >= 11 is 0. The Morgan fingerprint density at radius 3 is 2.48 bits per heavy atom. The van der Waals surface area contributed by atoms with Crippen LogP contribution in [0.4, 0.5) is 0 Å². The summed E-state index contributed by atoms with van der Waals surface area (Å²) in [4.78, 5) is 3.46. The molecule has 0 aliphatic carbocycles. The zero-order valence-electron chi connectivity index (χ0n) is 12.4. The molecule has 3 rings (SSSR count). The van der Waals surface area contributed by atoms with Gasteiger partial charge < -0.3 is 4.98 Å². The van der Waals surface area contributed by atoms with E-state index < -0.39 is 10.2 Å². The Labute approximate surface area is 125 Å². The molecule has 2 aromatic rings. The van der Waals surface area contributed by atoms with Gasteiger partial charge in [0.25, 0.3) is 10.2 Å². The minimum absolute atomic E-state index is 0.408. The summed E-state index contributed by atoms with van der Waals surface area (Å²) in [6.45, 7) is 1.17. The van der Waals surface area contributed by atoms with Gasteiger partial charge in [-0.05, 0) is 30.4 Å². The zero-order chi connectivity index (χ0) is 15.0. The van der Waals surface area contributed by atoms with Gasteiger partial charge in [0.2, 0.25) is 0 Å². The fourth-order valence-corrected chi connectivity index (χ4v) is 4.08. The number of aromatic nitrogens is 1. The number of nitrogens with zero attached hydrogens (tertiary/aromatic N) is 2. The van der Waals surface area contributed by atoms with Crippen molar-refractivity contribution in [1.29, 1.82) is 0 Å². The van der Waals surface area contributed by atoms with Crippen molar-refractivity contribution in [3.63, 3.8) is 0 Å². The van der Waals surface area contributed by atoms with E-state index in [0.717, 1.165) is 18.4 Å². The van der Waals surface area contributed by atoms with Crippen LogP contribution in [0.1, 0.15) is 24.5 Å². The molecular weight excluding hydrogens is 286 g/mol. The monoisotopic (exact) mass is 307 g/mol. The van der Waals surface area contributed by atoms with Crippen LogP contribution >= 0.6 is 0 Å². The van der Waals surface area contributed by atoms with Crippen LogP contribution in [0.2, 0.25) is 0 Å². The van der Waals surface area contributed by atoms with Crippen LogP contribution in [-0.4, -0.2) is 49.2 Å². The Morgan fingerprint density at radius 2 is 1.86 bits per heavy atom. The first-order chi connectivity index (χ1) is 9.98. The number of aromatic amines is 1. The SMILES string of the molecule is CN(C)S(=O)(=O)N1CCC(c2cc3ccccc3[nH]2)CC1. The molecule has 21 heavy (non-hydrogen) atoms. The van der Waals surface area contributed by atoms with Crippen molar-refractivity contribution in [3.05, 3.63) is 36.0 Å². The molecule has 1 fully saturated rings. The quantitative estimate of drug-likeness (QED) is 0.944. The van der Waals surface area contributed by atoms with E-state index in [-0.39, 0.29) is 0 Å². The van der Waals surface area contributed by atoms with Gasteiger partial charge in [0.05, 0.1) is 0 Å². The first-order valence-electron chi connectivity index (χ1n) is 7.24. The van der Waals surface area contributed by atoms with E-state index in [2.05, 4.69) is 23.2 Å². The molecule has 1 aliphatic rings. The second-order valence-electron chi connectivity index (χ2n) is 5.78. The Bertz CT molecular complexity index is 695. The predicted octanol–water partition coefficient (Wildman–Crippen LogP) is 2.15.